The van der Waals surface area contributed by atoms with Gasteiger partial charge in [0.05, 0.1) is 0 Å². The molecule has 0 aliphatic rings. The van der Waals surface area contributed by atoms with Gasteiger partial charge in [-0.2, -0.15) is 0 Å². The van der Waals surface area contributed by atoms with Gasteiger partial charge in [0, 0.05) is 29.2 Å². The predicted molar refractivity (Wildman–Crippen MR) is 133 cm³/mol. The van der Waals surface area contributed by atoms with Crippen LogP contribution in [0.25, 0.3) is 21.7 Å². The van der Waals surface area contributed by atoms with E-state index >= 15 is 0 Å². The molecule has 0 unspecified atom stereocenters. The molecule has 0 saturated heterocycles. The maximum absolute atomic E-state index is 6.30. The van der Waals surface area contributed by atoms with E-state index in [1.807, 2.05) is 0 Å². The second kappa shape index (κ2) is 9.29. The Kier molecular flexibility index (Phi) is 5.91. The van der Waals surface area contributed by atoms with Gasteiger partial charge in [-0.25, -0.2) is 0 Å². The molecule has 160 valence electrons. The van der Waals surface area contributed by atoms with Gasteiger partial charge in [0.15, 0.2) is 0 Å². The van der Waals surface area contributed by atoms with E-state index in [0.29, 0.717) is 6.61 Å². The summed E-state index contributed by atoms with van der Waals surface area (Å²) in [5.74, 6) is 0.949. The Morgan fingerprint density at radius 2 is 1.69 bits per heavy atom. The third kappa shape index (κ3) is 4.39. The van der Waals surface area contributed by atoms with Crippen LogP contribution in [0.15, 0.2) is 91.1 Å². The van der Waals surface area contributed by atoms with Gasteiger partial charge in [-0.05, 0) is 53.9 Å². The molecule has 1 aromatic heterocycles. The number of aryl methyl sites for hydroxylation is 1. The fourth-order valence-electron chi connectivity index (χ4n) is 4.37. The maximum Gasteiger partial charge on any atom is 0.124 e. The lowest BCUT2D eigenvalue weighted by atomic mass is 10.0. The van der Waals surface area contributed by atoms with Crippen molar-refractivity contribution in [3.63, 3.8) is 0 Å². The molecule has 0 aliphatic carbocycles. The van der Waals surface area contributed by atoms with E-state index in [4.69, 9.17) is 4.74 Å². The zero-order valence-electron chi connectivity index (χ0n) is 18.4. The first-order valence-corrected chi connectivity index (χ1v) is 11.2. The molecule has 5 rings (SSSR count). The molecule has 0 spiro atoms. The number of fused-ring (bicyclic) bond motifs is 2. The van der Waals surface area contributed by atoms with Gasteiger partial charge in [0.1, 0.15) is 12.4 Å². The molecule has 0 amide bonds. The number of H-pyrrole nitrogens is 1. The van der Waals surface area contributed by atoms with Crippen molar-refractivity contribution in [1.29, 1.82) is 0 Å². The fourth-order valence-corrected chi connectivity index (χ4v) is 4.37. The Morgan fingerprint density at radius 3 is 2.59 bits per heavy atom. The van der Waals surface area contributed by atoms with Crippen molar-refractivity contribution < 1.29 is 4.74 Å². The third-order valence-electron chi connectivity index (χ3n) is 6.02. The molecule has 0 radical (unpaired) electrons. The molecule has 0 aliphatic heterocycles. The Labute approximate surface area is 189 Å². The van der Waals surface area contributed by atoms with E-state index in [0.717, 1.165) is 25.3 Å². The van der Waals surface area contributed by atoms with Crippen molar-refractivity contribution in [2.75, 3.05) is 6.54 Å². The van der Waals surface area contributed by atoms with Crippen molar-refractivity contribution in [3.8, 4) is 5.75 Å². The van der Waals surface area contributed by atoms with Gasteiger partial charge in [-0.1, -0.05) is 78.4 Å². The van der Waals surface area contributed by atoms with E-state index in [-0.39, 0.29) is 0 Å². The first-order chi connectivity index (χ1) is 15.8. The molecule has 2 N–H and O–H groups in total. The van der Waals surface area contributed by atoms with E-state index in [2.05, 4.69) is 108 Å². The largest absolute Gasteiger partial charge is 0.489 e. The minimum atomic E-state index is 0.572. The van der Waals surface area contributed by atoms with E-state index in [9.17, 15) is 0 Å². The summed E-state index contributed by atoms with van der Waals surface area (Å²) in [4.78, 5) is 3.37. The average molecular weight is 421 g/mol. The molecule has 3 heteroatoms. The number of rotatable bonds is 8. The number of ether oxygens (including phenoxy) is 1. The summed E-state index contributed by atoms with van der Waals surface area (Å²) in [5, 5.41) is 7.44. The van der Waals surface area contributed by atoms with Crippen LogP contribution in [0.1, 0.15) is 22.3 Å². The van der Waals surface area contributed by atoms with Crippen molar-refractivity contribution >= 4 is 21.7 Å². The highest BCUT2D eigenvalue weighted by molar-refractivity contribution is 5.87. The summed E-state index contributed by atoms with van der Waals surface area (Å²) in [6, 6.07) is 29.8. The van der Waals surface area contributed by atoms with E-state index in [1.165, 1.54) is 43.9 Å². The van der Waals surface area contributed by atoms with E-state index in [1.54, 1.807) is 0 Å². The zero-order chi connectivity index (χ0) is 21.8. The van der Waals surface area contributed by atoms with Crippen molar-refractivity contribution in [2.45, 2.75) is 26.5 Å². The second-order valence-corrected chi connectivity index (χ2v) is 8.33. The van der Waals surface area contributed by atoms with Gasteiger partial charge in [-0.15, -0.1) is 0 Å². The van der Waals surface area contributed by atoms with Crippen LogP contribution in [0.5, 0.6) is 5.75 Å². The van der Waals surface area contributed by atoms with Crippen LogP contribution in [-0.2, 0) is 19.6 Å². The first kappa shape index (κ1) is 20.3. The summed E-state index contributed by atoms with van der Waals surface area (Å²) < 4.78 is 6.30. The Balaban J connectivity index is 1.31. The summed E-state index contributed by atoms with van der Waals surface area (Å²) in [7, 11) is 0. The van der Waals surface area contributed by atoms with Crippen LogP contribution in [0.3, 0.4) is 0 Å². The maximum atomic E-state index is 6.30. The molecule has 3 nitrogen and oxygen atoms in total. The van der Waals surface area contributed by atoms with Crippen LogP contribution >= 0.6 is 0 Å². The van der Waals surface area contributed by atoms with Gasteiger partial charge < -0.3 is 15.0 Å². The summed E-state index contributed by atoms with van der Waals surface area (Å²) in [6.45, 7) is 4.36. The number of para-hydroxylation sites is 1. The molecule has 0 fully saturated rings. The molecular formula is C29H28N2O. The Hall–Kier alpha value is -3.56. The minimum absolute atomic E-state index is 0.572. The van der Waals surface area contributed by atoms with Crippen LogP contribution in [0.2, 0.25) is 0 Å². The first-order valence-electron chi connectivity index (χ1n) is 11.2. The van der Waals surface area contributed by atoms with Gasteiger partial charge in [-0.3, -0.25) is 0 Å². The van der Waals surface area contributed by atoms with Gasteiger partial charge in [0.25, 0.3) is 0 Å². The lowest BCUT2D eigenvalue weighted by Crippen LogP contribution is -2.17. The van der Waals surface area contributed by atoms with Crippen LogP contribution in [0, 0.1) is 6.92 Å². The molecule has 0 bridgehead atoms. The standard InChI is InChI=1S/C29H28N2O/c1-21-7-6-8-22(17-21)20-32-29-14-13-23-9-2-3-10-25(23)27(29)19-30-16-15-24-18-31-28-12-5-4-11-26(24)28/h2-14,17-18,30-31H,15-16,19-20H2,1H3. The number of benzene rings is 4. The number of aromatic amines is 1. The Morgan fingerprint density at radius 1 is 0.844 bits per heavy atom. The van der Waals surface area contributed by atoms with Crippen molar-refractivity contribution in [3.05, 3.63) is 113 Å². The van der Waals surface area contributed by atoms with Crippen LogP contribution < -0.4 is 10.1 Å². The van der Waals surface area contributed by atoms with Gasteiger partial charge >= 0.3 is 0 Å². The highest BCUT2D eigenvalue weighted by Gasteiger charge is 2.10. The third-order valence-corrected chi connectivity index (χ3v) is 6.02. The highest BCUT2D eigenvalue weighted by Crippen LogP contribution is 2.29. The lowest BCUT2D eigenvalue weighted by Gasteiger charge is -2.15. The lowest BCUT2D eigenvalue weighted by molar-refractivity contribution is 0.302. The number of hydrogen-bond acceptors (Lipinski definition) is 2. The monoisotopic (exact) mass is 420 g/mol. The molecule has 32 heavy (non-hydrogen) atoms. The number of aromatic nitrogens is 1. The number of nitrogens with one attached hydrogen (secondary N) is 2. The van der Waals surface area contributed by atoms with Crippen LogP contribution in [-0.4, -0.2) is 11.5 Å². The highest BCUT2D eigenvalue weighted by atomic mass is 16.5. The molecule has 4 aromatic carbocycles. The zero-order valence-corrected chi connectivity index (χ0v) is 18.4. The Bertz CT molecular complexity index is 1350. The molecule has 5 aromatic rings. The molecular weight excluding hydrogens is 392 g/mol. The van der Waals surface area contributed by atoms with Gasteiger partial charge in [0.2, 0.25) is 0 Å². The average Bonchev–Trinajstić information content (AvgIpc) is 3.24. The predicted octanol–water partition coefficient (Wildman–Crippen LogP) is 6.54. The van der Waals surface area contributed by atoms with Crippen molar-refractivity contribution in [2.24, 2.45) is 0 Å². The molecule has 0 saturated carbocycles. The topological polar surface area (TPSA) is 37.0 Å². The van der Waals surface area contributed by atoms with E-state index < -0.39 is 0 Å². The summed E-state index contributed by atoms with van der Waals surface area (Å²) in [5.41, 5.74) is 6.21. The smallest absolute Gasteiger partial charge is 0.124 e. The molecule has 1 heterocycles. The minimum Gasteiger partial charge on any atom is -0.489 e. The molecule has 0 atom stereocenters. The summed E-state index contributed by atoms with van der Waals surface area (Å²) in [6.07, 6.45) is 3.11. The number of hydrogen-bond donors (Lipinski definition) is 2. The quantitative estimate of drug-likeness (QED) is 0.280. The second-order valence-electron chi connectivity index (χ2n) is 8.33. The van der Waals surface area contributed by atoms with Crippen molar-refractivity contribution in [1.82, 2.24) is 10.3 Å². The SMILES string of the molecule is Cc1cccc(COc2ccc3ccccc3c2CNCCc2c[nH]c3ccccc23)c1. The van der Waals surface area contributed by atoms with Crippen LogP contribution in [0.4, 0.5) is 0 Å². The normalized spacial score (nSPS) is 11.3. The fraction of sp³-hybridized carbons (Fsp3) is 0.172. The summed E-state index contributed by atoms with van der Waals surface area (Å²) >= 11 is 0.